The third-order valence-electron chi connectivity index (χ3n) is 2.53. The molecule has 11 heavy (non-hydrogen) atoms. The van der Waals surface area contributed by atoms with Gasteiger partial charge in [-0.05, 0) is 25.7 Å². The molecule has 0 aromatic rings. The molecule has 0 aromatic carbocycles. The van der Waals surface area contributed by atoms with Crippen molar-refractivity contribution in [1.82, 2.24) is 5.32 Å². The Hall–Kier alpha value is -0.0400. The van der Waals surface area contributed by atoms with Gasteiger partial charge in [-0.3, -0.25) is 0 Å². The van der Waals surface area contributed by atoms with Crippen molar-refractivity contribution in [3.05, 3.63) is 0 Å². The fraction of sp³-hybridized carbons (Fsp3) is 1.00. The fourth-order valence-corrected chi connectivity index (χ4v) is 0.800. The molecule has 68 valence electrons. The quantitative estimate of drug-likeness (QED) is 0.661. The molecule has 0 spiro atoms. The lowest BCUT2D eigenvalue weighted by molar-refractivity contribution is 0.335. The number of nitrogens with one attached hydrogen (secondary N) is 1. The molecule has 2 atom stereocenters. The van der Waals surface area contributed by atoms with E-state index in [2.05, 4.69) is 46.9 Å². The van der Waals surface area contributed by atoms with Gasteiger partial charge in [0.15, 0.2) is 0 Å². The molecule has 0 bridgehead atoms. The summed E-state index contributed by atoms with van der Waals surface area (Å²) in [6.07, 6.45) is 0. The third-order valence-corrected chi connectivity index (χ3v) is 2.53. The maximum atomic E-state index is 3.58. The SMILES string of the molecule is CC(C)[C@H](C)N[C@@H](C)C(C)C. The van der Waals surface area contributed by atoms with Crippen LogP contribution in [0.5, 0.6) is 0 Å². The Labute approximate surface area is 71.6 Å². The van der Waals surface area contributed by atoms with Crippen LogP contribution in [-0.4, -0.2) is 12.1 Å². The van der Waals surface area contributed by atoms with Crippen molar-refractivity contribution in [3.63, 3.8) is 0 Å². The molecule has 0 aliphatic heterocycles. The zero-order chi connectivity index (χ0) is 9.02. The van der Waals surface area contributed by atoms with E-state index in [1.165, 1.54) is 0 Å². The molecule has 0 rings (SSSR count). The Balaban J connectivity index is 3.66. The Morgan fingerprint density at radius 2 is 0.909 bits per heavy atom. The van der Waals surface area contributed by atoms with Crippen LogP contribution in [0.2, 0.25) is 0 Å². The average Bonchev–Trinajstić information content (AvgIpc) is 1.87. The van der Waals surface area contributed by atoms with E-state index < -0.39 is 0 Å². The van der Waals surface area contributed by atoms with Crippen LogP contribution in [0.4, 0.5) is 0 Å². The van der Waals surface area contributed by atoms with Gasteiger partial charge in [-0.2, -0.15) is 0 Å². The van der Waals surface area contributed by atoms with Crippen molar-refractivity contribution in [2.24, 2.45) is 11.8 Å². The van der Waals surface area contributed by atoms with Crippen molar-refractivity contribution in [2.75, 3.05) is 0 Å². The first-order chi connectivity index (χ1) is 4.95. The summed E-state index contributed by atoms with van der Waals surface area (Å²) in [6.45, 7) is 13.5. The molecule has 0 saturated heterocycles. The summed E-state index contributed by atoms with van der Waals surface area (Å²) in [6, 6.07) is 1.26. The maximum absolute atomic E-state index is 3.58. The average molecular weight is 157 g/mol. The van der Waals surface area contributed by atoms with Crippen LogP contribution in [0.1, 0.15) is 41.5 Å². The lowest BCUT2D eigenvalue weighted by atomic mass is 10.0. The van der Waals surface area contributed by atoms with Gasteiger partial charge in [0.1, 0.15) is 0 Å². The standard InChI is InChI=1S/C10H23N/c1-7(2)9(5)11-10(6)8(3)4/h7-11H,1-6H3/t9-,10-/m0/s1. The van der Waals surface area contributed by atoms with Gasteiger partial charge in [0.05, 0.1) is 0 Å². The minimum atomic E-state index is 0.632. The Morgan fingerprint density at radius 3 is 1.09 bits per heavy atom. The molecule has 0 aliphatic rings. The first-order valence-corrected chi connectivity index (χ1v) is 4.71. The molecule has 0 unspecified atom stereocenters. The van der Waals surface area contributed by atoms with Crippen LogP contribution in [-0.2, 0) is 0 Å². The van der Waals surface area contributed by atoms with Crippen LogP contribution in [0.25, 0.3) is 0 Å². The zero-order valence-electron chi connectivity index (χ0n) is 8.81. The molecule has 0 amide bonds. The van der Waals surface area contributed by atoms with Gasteiger partial charge in [-0.1, -0.05) is 27.7 Å². The van der Waals surface area contributed by atoms with Crippen LogP contribution < -0.4 is 5.32 Å². The number of hydrogen-bond donors (Lipinski definition) is 1. The molecule has 1 heteroatoms. The smallest absolute Gasteiger partial charge is 0.00643 e. The summed E-state index contributed by atoms with van der Waals surface area (Å²) in [5, 5.41) is 3.58. The van der Waals surface area contributed by atoms with Crippen molar-refractivity contribution in [1.29, 1.82) is 0 Å². The monoisotopic (exact) mass is 157 g/mol. The van der Waals surface area contributed by atoms with E-state index in [1.807, 2.05) is 0 Å². The van der Waals surface area contributed by atoms with Crippen molar-refractivity contribution >= 4 is 0 Å². The summed E-state index contributed by atoms with van der Waals surface area (Å²) in [5.74, 6) is 1.47. The van der Waals surface area contributed by atoms with E-state index in [1.54, 1.807) is 0 Å². The van der Waals surface area contributed by atoms with E-state index >= 15 is 0 Å². The third kappa shape index (κ3) is 4.41. The molecule has 1 N–H and O–H groups in total. The van der Waals surface area contributed by atoms with Gasteiger partial charge < -0.3 is 5.32 Å². The van der Waals surface area contributed by atoms with E-state index in [9.17, 15) is 0 Å². The lowest BCUT2D eigenvalue weighted by Gasteiger charge is -2.25. The molecular weight excluding hydrogens is 134 g/mol. The summed E-state index contributed by atoms with van der Waals surface area (Å²) in [7, 11) is 0. The summed E-state index contributed by atoms with van der Waals surface area (Å²) < 4.78 is 0. The van der Waals surface area contributed by atoms with Gasteiger partial charge in [0.2, 0.25) is 0 Å². The molecule has 0 radical (unpaired) electrons. The zero-order valence-corrected chi connectivity index (χ0v) is 8.81. The second-order valence-corrected chi connectivity index (χ2v) is 4.23. The van der Waals surface area contributed by atoms with Crippen LogP contribution in [0, 0.1) is 11.8 Å². The second kappa shape index (κ2) is 4.76. The predicted molar refractivity (Wildman–Crippen MR) is 51.7 cm³/mol. The van der Waals surface area contributed by atoms with Crippen molar-refractivity contribution in [3.8, 4) is 0 Å². The Kier molecular flexibility index (Phi) is 4.74. The second-order valence-electron chi connectivity index (χ2n) is 4.23. The largest absolute Gasteiger partial charge is 0.311 e. The van der Waals surface area contributed by atoms with Crippen LogP contribution >= 0.6 is 0 Å². The lowest BCUT2D eigenvalue weighted by Crippen LogP contribution is -2.40. The molecule has 0 fully saturated rings. The van der Waals surface area contributed by atoms with E-state index in [0.717, 1.165) is 11.8 Å². The van der Waals surface area contributed by atoms with Gasteiger partial charge >= 0.3 is 0 Å². The predicted octanol–water partition coefficient (Wildman–Crippen LogP) is 2.67. The minimum absolute atomic E-state index is 0.632. The number of rotatable bonds is 4. The first kappa shape index (κ1) is 11.0. The van der Waals surface area contributed by atoms with E-state index in [-0.39, 0.29) is 0 Å². The van der Waals surface area contributed by atoms with Crippen molar-refractivity contribution < 1.29 is 0 Å². The highest BCUT2D eigenvalue weighted by Crippen LogP contribution is 2.05. The topological polar surface area (TPSA) is 12.0 Å². The molecule has 0 heterocycles. The van der Waals surface area contributed by atoms with Gasteiger partial charge in [0.25, 0.3) is 0 Å². The first-order valence-electron chi connectivity index (χ1n) is 4.71. The van der Waals surface area contributed by atoms with Crippen LogP contribution in [0.3, 0.4) is 0 Å². The molecular formula is C10H23N. The molecule has 0 saturated carbocycles. The van der Waals surface area contributed by atoms with Crippen LogP contribution in [0.15, 0.2) is 0 Å². The van der Waals surface area contributed by atoms with Crippen molar-refractivity contribution in [2.45, 2.75) is 53.6 Å². The highest BCUT2D eigenvalue weighted by molar-refractivity contribution is 4.71. The van der Waals surface area contributed by atoms with Gasteiger partial charge in [-0.15, -0.1) is 0 Å². The summed E-state index contributed by atoms with van der Waals surface area (Å²) in [4.78, 5) is 0. The van der Waals surface area contributed by atoms with E-state index in [4.69, 9.17) is 0 Å². The summed E-state index contributed by atoms with van der Waals surface area (Å²) in [5.41, 5.74) is 0. The Morgan fingerprint density at radius 1 is 0.636 bits per heavy atom. The highest BCUT2D eigenvalue weighted by Gasteiger charge is 2.12. The molecule has 0 aliphatic carbocycles. The minimum Gasteiger partial charge on any atom is -0.311 e. The summed E-state index contributed by atoms with van der Waals surface area (Å²) >= 11 is 0. The van der Waals surface area contributed by atoms with Gasteiger partial charge in [-0.25, -0.2) is 0 Å². The Bertz CT molecular complexity index is 85.0. The fourth-order valence-electron chi connectivity index (χ4n) is 0.800. The molecule has 0 aromatic heterocycles. The maximum Gasteiger partial charge on any atom is 0.00643 e. The highest BCUT2D eigenvalue weighted by atomic mass is 14.9. The van der Waals surface area contributed by atoms with E-state index in [0.29, 0.717) is 12.1 Å². The molecule has 1 nitrogen and oxygen atoms in total. The number of hydrogen-bond acceptors (Lipinski definition) is 1. The van der Waals surface area contributed by atoms with Gasteiger partial charge in [0, 0.05) is 12.1 Å². The normalized spacial score (nSPS) is 17.5.